The summed E-state index contributed by atoms with van der Waals surface area (Å²) in [5, 5.41) is 2.20. The normalized spacial score (nSPS) is 20.5. The quantitative estimate of drug-likeness (QED) is 0.615. The lowest BCUT2D eigenvalue weighted by atomic mass is 10.1. The van der Waals surface area contributed by atoms with Gasteiger partial charge in [0.1, 0.15) is 0 Å². The summed E-state index contributed by atoms with van der Waals surface area (Å²) in [6.07, 6.45) is 0.0336. The van der Waals surface area contributed by atoms with Crippen LogP contribution in [0.5, 0.6) is 0 Å². The first-order valence-electron chi connectivity index (χ1n) is 6.40. The first-order valence-corrected chi connectivity index (χ1v) is 6.40. The van der Waals surface area contributed by atoms with Crippen molar-refractivity contribution in [2.45, 2.75) is 6.42 Å². The Labute approximate surface area is 119 Å². The van der Waals surface area contributed by atoms with E-state index in [-0.39, 0.29) is 30.0 Å². The Balaban J connectivity index is 2.00. The van der Waals surface area contributed by atoms with Crippen LogP contribution in [0.4, 0.5) is 5.69 Å². The maximum Gasteiger partial charge on any atom is 0.311 e. The van der Waals surface area contributed by atoms with E-state index in [9.17, 15) is 19.2 Å². The van der Waals surface area contributed by atoms with Crippen molar-refractivity contribution in [2.24, 2.45) is 5.92 Å². The molecule has 2 aliphatic rings. The number of carbonyl (C=O) groups is 4. The minimum absolute atomic E-state index is 0.0336. The van der Waals surface area contributed by atoms with Gasteiger partial charge in [0.05, 0.1) is 29.8 Å². The number of imide groups is 1. The van der Waals surface area contributed by atoms with Crippen molar-refractivity contribution in [1.82, 2.24) is 5.32 Å². The van der Waals surface area contributed by atoms with E-state index < -0.39 is 23.7 Å². The molecule has 3 rings (SSSR count). The summed E-state index contributed by atoms with van der Waals surface area (Å²) in [7, 11) is 1.27. The zero-order valence-corrected chi connectivity index (χ0v) is 11.2. The van der Waals surface area contributed by atoms with Crippen LogP contribution in [-0.2, 0) is 14.3 Å². The SMILES string of the molecule is COC(=O)C1CC(=O)N(c2cccc3c2C(=O)NC3=O)C1. The van der Waals surface area contributed by atoms with E-state index in [1.54, 1.807) is 12.1 Å². The number of ether oxygens (including phenoxy) is 1. The zero-order chi connectivity index (χ0) is 15.1. The Morgan fingerprint density at radius 1 is 1.29 bits per heavy atom. The first-order chi connectivity index (χ1) is 10.0. The molecule has 1 aromatic carbocycles. The number of nitrogens with one attached hydrogen (secondary N) is 1. The number of fused-ring (bicyclic) bond motifs is 1. The molecule has 2 heterocycles. The number of rotatable bonds is 2. The van der Waals surface area contributed by atoms with Crippen LogP contribution in [0.2, 0.25) is 0 Å². The second-order valence-corrected chi connectivity index (χ2v) is 4.91. The molecule has 0 radical (unpaired) electrons. The number of anilines is 1. The maximum absolute atomic E-state index is 12.1. The first kappa shape index (κ1) is 13.3. The summed E-state index contributed by atoms with van der Waals surface area (Å²) in [6, 6.07) is 4.72. The van der Waals surface area contributed by atoms with Crippen LogP contribution >= 0.6 is 0 Å². The number of hydrogen-bond donors (Lipinski definition) is 1. The van der Waals surface area contributed by atoms with Crippen molar-refractivity contribution in [2.75, 3.05) is 18.6 Å². The van der Waals surface area contributed by atoms with Gasteiger partial charge in [-0.2, -0.15) is 0 Å². The van der Waals surface area contributed by atoms with Crippen LogP contribution in [0.15, 0.2) is 18.2 Å². The van der Waals surface area contributed by atoms with Crippen molar-refractivity contribution in [1.29, 1.82) is 0 Å². The topological polar surface area (TPSA) is 92.8 Å². The zero-order valence-electron chi connectivity index (χ0n) is 11.2. The number of methoxy groups -OCH3 is 1. The Kier molecular flexibility index (Phi) is 2.97. The predicted molar refractivity (Wildman–Crippen MR) is 70.7 cm³/mol. The minimum Gasteiger partial charge on any atom is -0.469 e. The van der Waals surface area contributed by atoms with E-state index in [2.05, 4.69) is 10.1 Å². The van der Waals surface area contributed by atoms with Crippen LogP contribution in [0, 0.1) is 5.92 Å². The van der Waals surface area contributed by atoms with Crippen molar-refractivity contribution in [3.63, 3.8) is 0 Å². The monoisotopic (exact) mass is 288 g/mol. The van der Waals surface area contributed by atoms with Gasteiger partial charge in [0.15, 0.2) is 0 Å². The van der Waals surface area contributed by atoms with Gasteiger partial charge in [-0.1, -0.05) is 6.07 Å². The summed E-state index contributed by atoms with van der Waals surface area (Å²) in [5.41, 5.74) is 0.778. The number of carbonyl (C=O) groups excluding carboxylic acids is 4. The number of nitrogens with zero attached hydrogens (tertiary/aromatic N) is 1. The molecular formula is C14H12N2O5. The fourth-order valence-corrected chi connectivity index (χ4v) is 2.69. The van der Waals surface area contributed by atoms with Gasteiger partial charge in [0.2, 0.25) is 5.91 Å². The van der Waals surface area contributed by atoms with Gasteiger partial charge in [0, 0.05) is 13.0 Å². The van der Waals surface area contributed by atoms with Gasteiger partial charge < -0.3 is 9.64 Å². The molecule has 0 aliphatic carbocycles. The Morgan fingerprint density at radius 3 is 2.76 bits per heavy atom. The molecule has 0 spiro atoms. The summed E-state index contributed by atoms with van der Waals surface area (Å²) in [6.45, 7) is 0.142. The van der Waals surface area contributed by atoms with E-state index in [0.717, 1.165) is 0 Å². The predicted octanol–water partition coefficient (Wildman–Crippen LogP) is 0.0961. The molecule has 1 N–H and O–H groups in total. The van der Waals surface area contributed by atoms with Gasteiger partial charge in [-0.05, 0) is 12.1 Å². The van der Waals surface area contributed by atoms with E-state index >= 15 is 0 Å². The molecule has 2 aliphatic heterocycles. The Bertz CT molecular complexity index is 682. The molecular weight excluding hydrogens is 276 g/mol. The van der Waals surface area contributed by atoms with Crippen LogP contribution in [-0.4, -0.2) is 37.3 Å². The average molecular weight is 288 g/mol. The maximum atomic E-state index is 12.1. The Morgan fingerprint density at radius 2 is 2.05 bits per heavy atom. The van der Waals surface area contributed by atoms with E-state index in [4.69, 9.17) is 0 Å². The number of esters is 1. The second-order valence-electron chi connectivity index (χ2n) is 4.91. The van der Waals surface area contributed by atoms with Gasteiger partial charge in [-0.15, -0.1) is 0 Å². The minimum atomic E-state index is -0.557. The van der Waals surface area contributed by atoms with Crippen LogP contribution in [0.3, 0.4) is 0 Å². The van der Waals surface area contributed by atoms with E-state index in [1.807, 2.05) is 0 Å². The highest BCUT2D eigenvalue weighted by Gasteiger charge is 2.39. The van der Waals surface area contributed by atoms with E-state index in [0.29, 0.717) is 5.69 Å². The average Bonchev–Trinajstić information content (AvgIpc) is 2.99. The second kappa shape index (κ2) is 4.69. The van der Waals surface area contributed by atoms with E-state index in [1.165, 1.54) is 18.1 Å². The molecule has 0 saturated carbocycles. The van der Waals surface area contributed by atoms with Crippen LogP contribution < -0.4 is 10.2 Å². The van der Waals surface area contributed by atoms with Crippen molar-refractivity contribution in [3.05, 3.63) is 29.3 Å². The standard InChI is InChI=1S/C14H12N2O5/c1-21-14(20)7-5-10(17)16(6-7)9-4-2-3-8-11(9)13(19)15-12(8)18/h2-4,7H,5-6H2,1H3,(H,15,18,19). The highest BCUT2D eigenvalue weighted by Crippen LogP contribution is 2.32. The third kappa shape index (κ3) is 1.97. The number of hydrogen-bond acceptors (Lipinski definition) is 5. The molecule has 1 aromatic rings. The molecule has 0 bridgehead atoms. The molecule has 1 saturated heterocycles. The molecule has 3 amide bonds. The summed E-state index contributed by atoms with van der Waals surface area (Å²) < 4.78 is 4.65. The lowest BCUT2D eigenvalue weighted by Gasteiger charge is -2.18. The van der Waals surface area contributed by atoms with Gasteiger partial charge in [-0.3, -0.25) is 24.5 Å². The summed E-state index contributed by atoms with van der Waals surface area (Å²) >= 11 is 0. The van der Waals surface area contributed by atoms with Gasteiger partial charge in [0.25, 0.3) is 11.8 Å². The van der Waals surface area contributed by atoms with Crippen molar-refractivity contribution >= 4 is 29.4 Å². The van der Waals surface area contributed by atoms with Crippen molar-refractivity contribution < 1.29 is 23.9 Å². The molecule has 21 heavy (non-hydrogen) atoms. The van der Waals surface area contributed by atoms with Gasteiger partial charge in [-0.25, -0.2) is 0 Å². The Hall–Kier alpha value is -2.70. The molecule has 1 unspecified atom stereocenters. The fraction of sp³-hybridized carbons (Fsp3) is 0.286. The number of amides is 3. The van der Waals surface area contributed by atoms with Crippen LogP contribution in [0.25, 0.3) is 0 Å². The molecule has 7 nitrogen and oxygen atoms in total. The molecule has 0 aromatic heterocycles. The lowest BCUT2D eigenvalue weighted by Crippen LogP contribution is -2.28. The fourth-order valence-electron chi connectivity index (χ4n) is 2.69. The van der Waals surface area contributed by atoms with Gasteiger partial charge >= 0.3 is 5.97 Å². The molecule has 1 fully saturated rings. The highest BCUT2D eigenvalue weighted by molar-refractivity contribution is 6.24. The smallest absolute Gasteiger partial charge is 0.311 e. The summed E-state index contributed by atoms with van der Waals surface area (Å²) in [5.74, 6) is -2.30. The number of benzene rings is 1. The third-order valence-corrected chi connectivity index (χ3v) is 3.69. The third-order valence-electron chi connectivity index (χ3n) is 3.69. The molecule has 108 valence electrons. The highest BCUT2D eigenvalue weighted by atomic mass is 16.5. The summed E-state index contributed by atoms with van der Waals surface area (Å²) in [4.78, 5) is 48.5. The largest absolute Gasteiger partial charge is 0.469 e. The van der Waals surface area contributed by atoms with Crippen LogP contribution in [0.1, 0.15) is 27.1 Å². The lowest BCUT2D eigenvalue weighted by molar-refractivity contribution is -0.145. The molecule has 7 heteroatoms. The van der Waals surface area contributed by atoms with Crippen molar-refractivity contribution in [3.8, 4) is 0 Å². The molecule has 1 atom stereocenters.